The van der Waals surface area contributed by atoms with Crippen LogP contribution in [-0.4, -0.2) is 37.9 Å². The highest BCUT2D eigenvalue weighted by Gasteiger charge is 2.24. The number of nitrogen functional groups attached to an aromatic ring is 1. The number of amides is 1. The molecule has 0 aliphatic heterocycles. The van der Waals surface area contributed by atoms with Gasteiger partial charge < -0.3 is 25.6 Å². The molecule has 0 radical (unpaired) electrons. The number of benzene rings is 1. The third-order valence-corrected chi connectivity index (χ3v) is 3.88. The van der Waals surface area contributed by atoms with Gasteiger partial charge in [0.25, 0.3) is 5.91 Å². The number of methoxy groups -OCH3 is 2. The Balaban J connectivity index is 2.07. The number of rotatable bonds is 5. The van der Waals surface area contributed by atoms with E-state index in [0.717, 1.165) is 19.3 Å². The summed E-state index contributed by atoms with van der Waals surface area (Å²) in [6, 6.07) is 3.23. The number of aliphatic hydroxyl groups excluding tert-OH is 1. The zero-order chi connectivity index (χ0) is 15.4. The lowest BCUT2D eigenvalue weighted by molar-refractivity contribution is 0.0945. The minimum absolute atomic E-state index is 0.242. The van der Waals surface area contributed by atoms with Crippen molar-refractivity contribution < 1.29 is 19.4 Å². The summed E-state index contributed by atoms with van der Waals surface area (Å²) >= 11 is 0. The SMILES string of the molecule is COc1cc(OC)c(N)c(C(=O)NCC2CCC(O)C2)c1. The minimum Gasteiger partial charge on any atom is -0.497 e. The molecule has 0 spiro atoms. The summed E-state index contributed by atoms with van der Waals surface area (Å²) < 4.78 is 10.3. The average Bonchev–Trinajstić information content (AvgIpc) is 2.90. The van der Waals surface area contributed by atoms with Gasteiger partial charge in [0.05, 0.1) is 31.6 Å². The molecular weight excluding hydrogens is 272 g/mol. The van der Waals surface area contributed by atoms with Gasteiger partial charge >= 0.3 is 0 Å². The van der Waals surface area contributed by atoms with Crippen LogP contribution in [0.2, 0.25) is 0 Å². The zero-order valence-corrected chi connectivity index (χ0v) is 12.4. The van der Waals surface area contributed by atoms with Crippen LogP contribution in [0.15, 0.2) is 12.1 Å². The largest absolute Gasteiger partial charge is 0.497 e. The molecule has 1 saturated carbocycles. The maximum atomic E-state index is 12.3. The monoisotopic (exact) mass is 294 g/mol. The lowest BCUT2D eigenvalue weighted by atomic mass is 10.1. The summed E-state index contributed by atoms with van der Waals surface area (Å²) in [7, 11) is 3.01. The van der Waals surface area contributed by atoms with Crippen LogP contribution >= 0.6 is 0 Å². The summed E-state index contributed by atoms with van der Waals surface area (Å²) in [4.78, 5) is 12.3. The molecule has 1 amide bonds. The van der Waals surface area contributed by atoms with E-state index >= 15 is 0 Å². The predicted octanol–water partition coefficient (Wildman–Crippen LogP) is 1.18. The van der Waals surface area contributed by atoms with Gasteiger partial charge in [-0.3, -0.25) is 4.79 Å². The summed E-state index contributed by atoms with van der Waals surface area (Å²) in [6.07, 6.45) is 2.22. The lowest BCUT2D eigenvalue weighted by Gasteiger charge is -2.14. The van der Waals surface area contributed by atoms with Crippen LogP contribution in [0, 0.1) is 5.92 Å². The topological polar surface area (TPSA) is 93.8 Å². The number of carbonyl (C=O) groups excluding carboxylic acids is 1. The van der Waals surface area contributed by atoms with Gasteiger partial charge in [-0.25, -0.2) is 0 Å². The van der Waals surface area contributed by atoms with E-state index in [4.69, 9.17) is 15.2 Å². The van der Waals surface area contributed by atoms with Crippen LogP contribution in [-0.2, 0) is 0 Å². The van der Waals surface area contributed by atoms with Crippen molar-refractivity contribution in [3.8, 4) is 11.5 Å². The van der Waals surface area contributed by atoms with Gasteiger partial charge in [-0.15, -0.1) is 0 Å². The average molecular weight is 294 g/mol. The first-order valence-electron chi connectivity index (χ1n) is 7.03. The molecule has 0 aromatic heterocycles. The van der Waals surface area contributed by atoms with Gasteiger partial charge in [0, 0.05) is 12.6 Å². The van der Waals surface area contributed by atoms with E-state index in [-0.39, 0.29) is 12.0 Å². The molecule has 0 heterocycles. The van der Waals surface area contributed by atoms with Gasteiger partial charge in [0.1, 0.15) is 11.5 Å². The highest BCUT2D eigenvalue weighted by atomic mass is 16.5. The number of aliphatic hydroxyl groups is 1. The highest BCUT2D eigenvalue weighted by Crippen LogP contribution is 2.31. The van der Waals surface area contributed by atoms with Crippen LogP contribution in [0.25, 0.3) is 0 Å². The smallest absolute Gasteiger partial charge is 0.253 e. The van der Waals surface area contributed by atoms with Crippen LogP contribution < -0.4 is 20.5 Å². The molecule has 1 fully saturated rings. The van der Waals surface area contributed by atoms with Gasteiger partial charge in [-0.05, 0) is 31.2 Å². The molecule has 1 aromatic rings. The second-order valence-electron chi connectivity index (χ2n) is 5.33. The fourth-order valence-corrected chi connectivity index (χ4v) is 2.64. The van der Waals surface area contributed by atoms with Crippen LogP contribution in [0.1, 0.15) is 29.6 Å². The normalized spacial score (nSPS) is 21.1. The molecule has 1 aromatic carbocycles. The number of hydrogen-bond donors (Lipinski definition) is 3. The summed E-state index contributed by atoms with van der Waals surface area (Å²) in [5.41, 5.74) is 6.57. The zero-order valence-electron chi connectivity index (χ0n) is 12.4. The van der Waals surface area contributed by atoms with E-state index in [9.17, 15) is 9.90 Å². The molecular formula is C15H22N2O4. The Bertz CT molecular complexity index is 519. The first kappa shape index (κ1) is 15.4. The molecule has 116 valence electrons. The number of nitrogens with two attached hydrogens (primary N) is 1. The third kappa shape index (κ3) is 3.58. The number of ether oxygens (including phenoxy) is 2. The molecule has 1 aliphatic carbocycles. The Morgan fingerprint density at radius 2 is 2.14 bits per heavy atom. The summed E-state index contributed by atoms with van der Waals surface area (Å²) in [5, 5.41) is 12.4. The maximum Gasteiger partial charge on any atom is 0.253 e. The van der Waals surface area contributed by atoms with Crippen molar-refractivity contribution in [2.24, 2.45) is 5.92 Å². The van der Waals surface area contributed by atoms with E-state index < -0.39 is 0 Å². The van der Waals surface area contributed by atoms with Crippen molar-refractivity contribution in [2.75, 3.05) is 26.5 Å². The summed E-state index contributed by atoms with van der Waals surface area (Å²) in [6.45, 7) is 0.537. The molecule has 0 saturated heterocycles. The van der Waals surface area contributed by atoms with E-state index in [0.29, 0.717) is 35.2 Å². The fraction of sp³-hybridized carbons (Fsp3) is 0.533. The molecule has 6 heteroatoms. The predicted molar refractivity (Wildman–Crippen MR) is 79.6 cm³/mol. The molecule has 2 unspecified atom stereocenters. The Morgan fingerprint density at radius 3 is 2.71 bits per heavy atom. The van der Waals surface area contributed by atoms with Crippen molar-refractivity contribution in [2.45, 2.75) is 25.4 Å². The van der Waals surface area contributed by atoms with Crippen molar-refractivity contribution in [3.05, 3.63) is 17.7 Å². The van der Waals surface area contributed by atoms with Gasteiger partial charge in [-0.1, -0.05) is 0 Å². The van der Waals surface area contributed by atoms with Gasteiger partial charge in [0.15, 0.2) is 0 Å². The number of nitrogens with one attached hydrogen (secondary N) is 1. The minimum atomic E-state index is -0.258. The van der Waals surface area contributed by atoms with Crippen molar-refractivity contribution >= 4 is 11.6 Å². The number of carbonyl (C=O) groups is 1. The molecule has 2 atom stereocenters. The Hall–Kier alpha value is -1.95. The van der Waals surface area contributed by atoms with Gasteiger partial charge in [-0.2, -0.15) is 0 Å². The van der Waals surface area contributed by atoms with Crippen LogP contribution in [0.4, 0.5) is 5.69 Å². The van der Waals surface area contributed by atoms with E-state index in [1.165, 1.54) is 14.2 Å². The van der Waals surface area contributed by atoms with Crippen molar-refractivity contribution in [1.29, 1.82) is 0 Å². The molecule has 2 rings (SSSR count). The molecule has 21 heavy (non-hydrogen) atoms. The van der Waals surface area contributed by atoms with Crippen LogP contribution in [0.5, 0.6) is 11.5 Å². The van der Waals surface area contributed by atoms with Crippen molar-refractivity contribution in [1.82, 2.24) is 5.32 Å². The van der Waals surface area contributed by atoms with E-state index in [2.05, 4.69) is 5.32 Å². The third-order valence-electron chi connectivity index (χ3n) is 3.88. The Morgan fingerprint density at radius 1 is 1.38 bits per heavy atom. The molecule has 0 bridgehead atoms. The summed E-state index contributed by atoms with van der Waals surface area (Å²) in [5.74, 6) is 0.988. The van der Waals surface area contributed by atoms with E-state index in [1.54, 1.807) is 12.1 Å². The lowest BCUT2D eigenvalue weighted by Crippen LogP contribution is -2.29. The molecule has 4 N–H and O–H groups in total. The second kappa shape index (κ2) is 6.67. The maximum absolute atomic E-state index is 12.3. The first-order valence-corrected chi connectivity index (χ1v) is 7.03. The first-order chi connectivity index (χ1) is 10.0. The standard InChI is InChI=1S/C15H22N2O4/c1-20-11-6-12(14(16)13(7-11)21-2)15(19)17-8-9-3-4-10(18)5-9/h6-7,9-10,18H,3-5,8,16H2,1-2H3,(H,17,19). The number of hydrogen-bond acceptors (Lipinski definition) is 5. The Kier molecular flexibility index (Phi) is 4.90. The van der Waals surface area contributed by atoms with Crippen molar-refractivity contribution in [3.63, 3.8) is 0 Å². The second-order valence-corrected chi connectivity index (χ2v) is 5.33. The van der Waals surface area contributed by atoms with Crippen LogP contribution in [0.3, 0.4) is 0 Å². The molecule has 6 nitrogen and oxygen atoms in total. The molecule has 1 aliphatic rings. The quantitative estimate of drug-likeness (QED) is 0.709. The highest BCUT2D eigenvalue weighted by molar-refractivity contribution is 6.00. The number of anilines is 1. The van der Waals surface area contributed by atoms with Gasteiger partial charge in [0.2, 0.25) is 0 Å². The van der Waals surface area contributed by atoms with E-state index in [1.807, 2.05) is 0 Å². The fourth-order valence-electron chi connectivity index (χ4n) is 2.64. The Labute approximate surface area is 124 Å².